The molecule has 0 aromatic heterocycles. The van der Waals surface area contributed by atoms with Gasteiger partial charge in [-0.05, 0) is 50.6 Å². The summed E-state index contributed by atoms with van der Waals surface area (Å²) in [5.41, 5.74) is 0. The summed E-state index contributed by atoms with van der Waals surface area (Å²) in [6.07, 6.45) is 8.76. The maximum atomic E-state index is 3.73. The minimum Gasteiger partial charge on any atom is -0.303 e. The van der Waals surface area contributed by atoms with Gasteiger partial charge in [-0.25, -0.2) is 0 Å². The van der Waals surface area contributed by atoms with E-state index >= 15 is 0 Å². The van der Waals surface area contributed by atoms with Gasteiger partial charge in [-0.3, -0.25) is 0 Å². The van der Waals surface area contributed by atoms with Crippen molar-refractivity contribution in [1.29, 1.82) is 0 Å². The van der Waals surface area contributed by atoms with Gasteiger partial charge in [0.15, 0.2) is 0 Å². The van der Waals surface area contributed by atoms with Crippen LogP contribution in [0.15, 0.2) is 0 Å². The van der Waals surface area contributed by atoms with Crippen LogP contribution >= 0.6 is 15.9 Å². The van der Waals surface area contributed by atoms with Crippen LogP contribution in [0.4, 0.5) is 0 Å². The van der Waals surface area contributed by atoms with E-state index in [9.17, 15) is 0 Å². The maximum absolute atomic E-state index is 3.73. The number of nitrogens with zero attached hydrogens (tertiary/aromatic N) is 1. The van der Waals surface area contributed by atoms with E-state index in [2.05, 4.69) is 27.8 Å². The Labute approximate surface area is 103 Å². The van der Waals surface area contributed by atoms with E-state index in [-0.39, 0.29) is 0 Å². The number of piperidine rings is 1. The molecule has 0 aromatic rings. The molecule has 0 aromatic carbocycles. The summed E-state index contributed by atoms with van der Waals surface area (Å²) in [7, 11) is 0. The van der Waals surface area contributed by atoms with Crippen molar-refractivity contribution < 1.29 is 0 Å². The molecule has 88 valence electrons. The average Bonchev–Trinajstić information content (AvgIpc) is 2.71. The lowest BCUT2D eigenvalue weighted by Gasteiger charge is -2.34. The largest absolute Gasteiger partial charge is 0.303 e. The first-order valence-corrected chi connectivity index (χ1v) is 7.53. The van der Waals surface area contributed by atoms with Gasteiger partial charge in [-0.15, -0.1) is 0 Å². The van der Waals surface area contributed by atoms with E-state index in [0.717, 1.165) is 11.8 Å². The molecule has 1 unspecified atom stereocenters. The fourth-order valence-electron chi connectivity index (χ4n) is 3.15. The molecule has 1 heterocycles. The molecule has 0 radical (unpaired) electrons. The van der Waals surface area contributed by atoms with E-state index in [1.165, 1.54) is 58.2 Å². The Kier molecular flexibility index (Phi) is 4.51. The Morgan fingerprint density at radius 2 is 1.73 bits per heavy atom. The number of alkyl halides is 1. The predicted octanol–water partition coefficient (Wildman–Crippen LogP) is 3.67. The third kappa shape index (κ3) is 3.45. The summed E-state index contributed by atoms with van der Waals surface area (Å²) in [6.45, 7) is 6.38. The minimum absolute atomic E-state index is 0.714. The summed E-state index contributed by atoms with van der Waals surface area (Å²) in [4.78, 5) is 3.42. The molecule has 0 bridgehead atoms. The highest BCUT2D eigenvalue weighted by Gasteiger charge is 2.24. The molecular weight excluding hydrogens is 250 g/mol. The van der Waals surface area contributed by atoms with Gasteiger partial charge in [-0.1, -0.05) is 35.7 Å². The molecular formula is C13H24BrN. The maximum Gasteiger partial charge on any atom is 0.0146 e. The van der Waals surface area contributed by atoms with Crippen LogP contribution in [0, 0.1) is 11.8 Å². The number of likely N-dealkylation sites (tertiary alicyclic amines) is 1. The van der Waals surface area contributed by atoms with E-state index in [4.69, 9.17) is 0 Å². The van der Waals surface area contributed by atoms with Gasteiger partial charge in [0, 0.05) is 11.4 Å². The van der Waals surface area contributed by atoms with Crippen molar-refractivity contribution in [2.24, 2.45) is 11.8 Å². The molecule has 2 rings (SSSR count). The SMILES string of the molecule is CC(Br)C1CCN(CC2CCCC2)CC1. The molecule has 1 atom stereocenters. The van der Waals surface area contributed by atoms with Crippen LogP contribution in [-0.4, -0.2) is 29.4 Å². The zero-order valence-corrected chi connectivity index (χ0v) is 11.5. The van der Waals surface area contributed by atoms with Crippen LogP contribution in [0.3, 0.4) is 0 Å². The summed E-state index contributed by atoms with van der Waals surface area (Å²) >= 11 is 3.73. The van der Waals surface area contributed by atoms with Crippen LogP contribution in [0.5, 0.6) is 0 Å². The predicted molar refractivity (Wildman–Crippen MR) is 69.5 cm³/mol. The second-order valence-electron chi connectivity index (χ2n) is 5.47. The van der Waals surface area contributed by atoms with Gasteiger partial charge >= 0.3 is 0 Å². The van der Waals surface area contributed by atoms with E-state index in [1.807, 2.05) is 0 Å². The summed E-state index contributed by atoms with van der Waals surface area (Å²) < 4.78 is 0. The Morgan fingerprint density at radius 3 is 2.27 bits per heavy atom. The molecule has 1 saturated heterocycles. The van der Waals surface area contributed by atoms with Crippen molar-refractivity contribution in [3.05, 3.63) is 0 Å². The van der Waals surface area contributed by atoms with Crippen molar-refractivity contribution in [2.45, 2.75) is 50.3 Å². The topological polar surface area (TPSA) is 3.24 Å². The van der Waals surface area contributed by atoms with Crippen LogP contribution < -0.4 is 0 Å². The lowest BCUT2D eigenvalue weighted by Crippen LogP contribution is -2.38. The van der Waals surface area contributed by atoms with Crippen molar-refractivity contribution in [3.8, 4) is 0 Å². The lowest BCUT2D eigenvalue weighted by atomic mass is 9.93. The first-order valence-electron chi connectivity index (χ1n) is 6.62. The van der Waals surface area contributed by atoms with Crippen molar-refractivity contribution in [3.63, 3.8) is 0 Å². The second-order valence-corrected chi connectivity index (χ2v) is 6.91. The van der Waals surface area contributed by atoms with Gasteiger partial charge in [-0.2, -0.15) is 0 Å². The average molecular weight is 274 g/mol. The molecule has 2 heteroatoms. The van der Waals surface area contributed by atoms with Gasteiger partial charge in [0.2, 0.25) is 0 Å². The number of hydrogen-bond donors (Lipinski definition) is 0. The Bertz CT molecular complexity index is 179. The van der Waals surface area contributed by atoms with Crippen LogP contribution in [-0.2, 0) is 0 Å². The quantitative estimate of drug-likeness (QED) is 0.710. The standard InChI is InChI=1S/C13H24BrN/c1-11(14)13-6-8-15(9-7-13)10-12-4-2-3-5-12/h11-13H,2-10H2,1H3. The zero-order valence-electron chi connectivity index (χ0n) is 9.92. The summed E-state index contributed by atoms with van der Waals surface area (Å²) in [5, 5.41) is 0. The summed E-state index contributed by atoms with van der Waals surface area (Å²) in [5.74, 6) is 1.95. The number of halogens is 1. The van der Waals surface area contributed by atoms with Gasteiger partial charge in [0.25, 0.3) is 0 Å². The first kappa shape index (κ1) is 11.9. The minimum atomic E-state index is 0.714. The molecule has 1 saturated carbocycles. The van der Waals surface area contributed by atoms with Crippen LogP contribution in [0.2, 0.25) is 0 Å². The van der Waals surface area contributed by atoms with E-state index < -0.39 is 0 Å². The Morgan fingerprint density at radius 1 is 1.13 bits per heavy atom. The molecule has 15 heavy (non-hydrogen) atoms. The second kappa shape index (κ2) is 5.67. The van der Waals surface area contributed by atoms with Gasteiger partial charge in [0.05, 0.1) is 0 Å². The van der Waals surface area contributed by atoms with Gasteiger partial charge in [0.1, 0.15) is 0 Å². The number of rotatable bonds is 3. The smallest absolute Gasteiger partial charge is 0.0146 e. The summed E-state index contributed by atoms with van der Waals surface area (Å²) in [6, 6.07) is 0. The van der Waals surface area contributed by atoms with Crippen LogP contribution in [0.25, 0.3) is 0 Å². The Hall–Kier alpha value is 0.440. The highest BCUT2D eigenvalue weighted by atomic mass is 79.9. The van der Waals surface area contributed by atoms with E-state index in [1.54, 1.807) is 0 Å². The number of hydrogen-bond acceptors (Lipinski definition) is 1. The lowest BCUT2D eigenvalue weighted by molar-refractivity contribution is 0.162. The monoisotopic (exact) mass is 273 g/mol. The highest BCUT2D eigenvalue weighted by Crippen LogP contribution is 2.29. The fourth-order valence-corrected chi connectivity index (χ4v) is 3.68. The van der Waals surface area contributed by atoms with Gasteiger partial charge < -0.3 is 4.90 Å². The highest BCUT2D eigenvalue weighted by molar-refractivity contribution is 9.09. The van der Waals surface area contributed by atoms with Crippen molar-refractivity contribution in [2.75, 3.05) is 19.6 Å². The van der Waals surface area contributed by atoms with Crippen LogP contribution in [0.1, 0.15) is 45.4 Å². The third-order valence-electron chi connectivity index (χ3n) is 4.27. The fraction of sp³-hybridized carbons (Fsp3) is 1.00. The molecule has 2 aliphatic rings. The normalized spacial score (nSPS) is 28.4. The first-order chi connectivity index (χ1) is 7.25. The zero-order chi connectivity index (χ0) is 10.7. The van der Waals surface area contributed by atoms with E-state index in [0.29, 0.717) is 4.83 Å². The van der Waals surface area contributed by atoms with Crippen molar-refractivity contribution >= 4 is 15.9 Å². The van der Waals surface area contributed by atoms with Crippen molar-refractivity contribution in [1.82, 2.24) is 4.90 Å². The molecule has 2 fully saturated rings. The Balaban J connectivity index is 1.68. The molecule has 1 aliphatic carbocycles. The molecule has 1 aliphatic heterocycles. The molecule has 1 nitrogen and oxygen atoms in total. The third-order valence-corrected chi connectivity index (χ3v) is 5.02. The molecule has 0 spiro atoms. The molecule has 0 N–H and O–H groups in total. The molecule has 0 amide bonds.